The van der Waals surface area contributed by atoms with Crippen LogP contribution < -0.4 is 5.73 Å². The highest BCUT2D eigenvalue weighted by Crippen LogP contribution is 2.19. The molecule has 2 N–H and O–H groups in total. The van der Waals surface area contributed by atoms with Gasteiger partial charge in [-0.05, 0) is 17.2 Å². The lowest BCUT2D eigenvalue weighted by Crippen LogP contribution is -2.02. The van der Waals surface area contributed by atoms with E-state index in [0.717, 1.165) is 17.1 Å². The average Bonchev–Trinajstić information content (AvgIpc) is 2.20. The number of nitrogens with two attached hydrogens (primary N) is 1. The molecule has 0 heterocycles. The molecule has 0 unspecified atom stereocenters. The maximum Gasteiger partial charge on any atom is 0.131 e. The van der Waals surface area contributed by atoms with Crippen LogP contribution >= 0.6 is 11.8 Å². The second-order valence-corrected chi connectivity index (χ2v) is 5.03. The molecule has 0 fully saturated rings. The SMILES string of the molecule is CC(C)CSCc1cccc(CN)c1F. The number of benzene rings is 1. The summed E-state index contributed by atoms with van der Waals surface area (Å²) in [5.74, 6) is 2.32. The molecule has 1 aromatic rings. The zero-order chi connectivity index (χ0) is 11.3. The van der Waals surface area contributed by atoms with E-state index in [1.54, 1.807) is 17.8 Å². The lowest BCUT2D eigenvalue weighted by Gasteiger charge is -2.08. The molecule has 0 bridgehead atoms. The van der Waals surface area contributed by atoms with Gasteiger partial charge in [0.2, 0.25) is 0 Å². The van der Waals surface area contributed by atoms with Crippen LogP contribution in [0.15, 0.2) is 18.2 Å². The summed E-state index contributed by atoms with van der Waals surface area (Å²) in [5, 5.41) is 0. The number of hydrogen-bond donors (Lipinski definition) is 1. The van der Waals surface area contributed by atoms with Crippen LogP contribution in [0, 0.1) is 11.7 Å². The molecule has 0 spiro atoms. The fourth-order valence-corrected chi connectivity index (χ4v) is 2.34. The smallest absolute Gasteiger partial charge is 0.131 e. The molecule has 0 aliphatic carbocycles. The van der Waals surface area contributed by atoms with Gasteiger partial charge in [-0.1, -0.05) is 32.0 Å². The van der Waals surface area contributed by atoms with Crippen molar-refractivity contribution in [1.82, 2.24) is 0 Å². The van der Waals surface area contributed by atoms with Gasteiger partial charge in [-0.25, -0.2) is 4.39 Å². The second-order valence-electron chi connectivity index (χ2n) is 4.00. The van der Waals surface area contributed by atoms with Crippen molar-refractivity contribution in [3.05, 3.63) is 35.1 Å². The zero-order valence-corrected chi connectivity index (χ0v) is 10.1. The van der Waals surface area contributed by atoms with Crippen LogP contribution in [0.4, 0.5) is 4.39 Å². The molecular weight excluding hydrogens is 209 g/mol. The molecule has 1 aromatic carbocycles. The molecule has 0 radical (unpaired) electrons. The van der Waals surface area contributed by atoms with Crippen molar-refractivity contribution in [2.75, 3.05) is 5.75 Å². The summed E-state index contributed by atoms with van der Waals surface area (Å²) in [6, 6.07) is 5.45. The molecule has 84 valence electrons. The second kappa shape index (κ2) is 6.13. The number of halogens is 1. The van der Waals surface area contributed by atoms with Gasteiger partial charge in [0.25, 0.3) is 0 Å². The van der Waals surface area contributed by atoms with Crippen molar-refractivity contribution in [3.8, 4) is 0 Å². The third kappa shape index (κ3) is 3.84. The molecule has 3 heteroatoms. The largest absolute Gasteiger partial charge is 0.326 e. The van der Waals surface area contributed by atoms with Crippen molar-refractivity contribution in [2.24, 2.45) is 11.7 Å². The van der Waals surface area contributed by atoms with E-state index in [0.29, 0.717) is 11.5 Å². The van der Waals surface area contributed by atoms with Crippen LogP contribution in [0.2, 0.25) is 0 Å². The molecule has 0 saturated heterocycles. The van der Waals surface area contributed by atoms with E-state index >= 15 is 0 Å². The predicted octanol–water partition coefficient (Wildman–Crippen LogP) is 3.17. The number of hydrogen-bond acceptors (Lipinski definition) is 2. The quantitative estimate of drug-likeness (QED) is 0.836. The average molecular weight is 227 g/mol. The lowest BCUT2D eigenvalue weighted by molar-refractivity contribution is 0.600. The first-order valence-electron chi connectivity index (χ1n) is 5.19. The molecular formula is C12H18FNS. The minimum absolute atomic E-state index is 0.128. The molecule has 1 nitrogen and oxygen atoms in total. The first-order chi connectivity index (χ1) is 7.15. The molecule has 0 aliphatic rings. The number of thioether (sulfide) groups is 1. The summed E-state index contributed by atoms with van der Waals surface area (Å²) in [4.78, 5) is 0. The topological polar surface area (TPSA) is 26.0 Å². The number of rotatable bonds is 5. The summed E-state index contributed by atoms with van der Waals surface area (Å²) < 4.78 is 13.7. The van der Waals surface area contributed by atoms with Gasteiger partial charge in [-0.15, -0.1) is 0 Å². The van der Waals surface area contributed by atoms with E-state index in [9.17, 15) is 4.39 Å². The first-order valence-corrected chi connectivity index (χ1v) is 6.34. The van der Waals surface area contributed by atoms with E-state index in [-0.39, 0.29) is 12.4 Å². The molecule has 0 saturated carbocycles. The molecule has 0 atom stereocenters. The van der Waals surface area contributed by atoms with Crippen molar-refractivity contribution < 1.29 is 4.39 Å². The highest BCUT2D eigenvalue weighted by molar-refractivity contribution is 7.98. The van der Waals surface area contributed by atoms with Crippen LogP contribution in [-0.4, -0.2) is 5.75 Å². The Balaban J connectivity index is 2.61. The van der Waals surface area contributed by atoms with E-state index in [1.165, 1.54) is 0 Å². The van der Waals surface area contributed by atoms with Crippen LogP contribution in [0.3, 0.4) is 0 Å². The molecule has 1 rings (SSSR count). The van der Waals surface area contributed by atoms with Gasteiger partial charge in [0.15, 0.2) is 0 Å². The Morgan fingerprint density at radius 3 is 2.60 bits per heavy atom. The van der Waals surface area contributed by atoms with Crippen molar-refractivity contribution in [3.63, 3.8) is 0 Å². The minimum Gasteiger partial charge on any atom is -0.326 e. The summed E-state index contributed by atoms with van der Waals surface area (Å²) >= 11 is 1.77. The van der Waals surface area contributed by atoms with Gasteiger partial charge in [-0.2, -0.15) is 11.8 Å². The Morgan fingerprint density at radius 1 is 1.33 bits per heavy atom. The summed E-state index contributed by atoms with van der Waals surface area (Å²) in [7, 11) is 0. The first kappa shape index (κ1) is 12.5. The maximum absolute atomic E-state index is 13.7. The maximum atomic E-state index is 13.7. The molecule has 0 aliphatic heterocycles. The van der Waals surface area contributed by atoms with Crippen molar-refractivity contribution >= 4 is 11.8 Å². The lowest BCUT2D eigenvalue weighted by atomic mass is 10.1. The minimum atomic E-state index is -0.128. The fraction of sp³-hybridized carbons (Fsp3) is 0.500. The van der Waals surface area contributed by atoms with E-state index in [1.807, 2.05) is 12.1 Å². The molecule has 15 heavy (non-hydrogen) atoms. The van der Waals surface area contributed by atoms with E-state index in [2.05, 4.69) is 13.8 Å². The predicted molar refractivity (Wildman–Crippen MR) is 65.3 cm³/mol. The van der Waals surface area contributed by atoms with Crippen LogP contribution in [0.25, 0.3) is 0 Å². The third-order valence-corrected chi connectivity index (χ3v) is 3.50. The van der Waals surface area contributed by atoms with Gasteiger partial charge in [0.05, 0.1) is 0 Å². The molecule has 0 aromatic heterocycles. The summed E-state index contributed by atoms with van der Waals surface area (Å²) in [6.07, 6.45) is 0. The zero-order valence-electron chi connectivity index (χ0n) is 9.29. The standard InChI is InChI=1S/C12H18FNS/c1-9(2)7-15-8-11-5-3-4-10(6-14)12(11)13/h3-5,9H,6-8,14H2,1-2H3. The van der Waals surface area contributed by atoms with E-state index < -0.39 is 0 Å². The van der Waals surface area contributed by atoms with Crippen molar-refractivity contribution in [2.45, 2.75) is 26.1 Å². The monoisotopic (exact) mass is 227 g/mol. The highest BCUT2D eigenvalue weighted by atomic mass is 32.2. The normalized spacial score (nSPS) is 11.0. The highest BCUT2D eigenvalue weighted by Gasteiger charge is 2.06. The Hall–Kier alpha value is -0.540. The summed E-state index contributed by atoms with van der Waals surface area (Å²) in [5.41, 5.74) is 6.83. The van der Waals surface area contributed by atoms with Gasteiger partial charge in [-0.3, -0.25) is 0 Å². The Kier molecular flexibility index (Phi) is 5.12. The molecule has 0 amide bonds. The van der Waals surface area contributed by atoms with Gasteiger partial charge in [0, 0.05) is 17.9 Å². The Bertz CT molecular complexity index is 312. The van der Waals surface area contributed by atoms with Gasteiger partial charge in [0.1, 0.15) is 5.82 Å². The van der Waals surface area contributed by atoms with Crippen LogP contribution in [0.1, 0.15) is 25.0 Å². The Morgan fingerprint density at radius 2 is 2.00 bits per heavy atom. The third-order valence-electron chi connectivity index (χ3n) is 2.09. The van der Waals surface area contributed by atoms with Crippen molar-refractivity contribution in [1.29, 1.82) is 0 Å². The summed E-state index contributed by atoms with van der Waals surface area (Å²) in [6.45, 7) is 4.61. The fourth-order valence-electron chi connectivity index (χ4n) is 1.31. The van der Waals surface area contributed by atoms with Gasteiger partial charge >= 0.3 is 0 Å². The van der Waals surface area contributed by atoms with E-state index in [4.69, 9.17) is 5.73 Å². The Labute approximate surface area is 95.2 Å². The van der Waals surface area contributed by atoms with Crippen LogP contribution in [0.5, 0.6) is 0 Å². The van der Waals surface area contributed by atoms with Crippen LogP contribution in [-0.2, 0) is 12.3 Å². The van der Waals surface area contributed by atoms with Gasteiger partial charge < -0.3 is 5.73 Å².